The summed E-state index contributed by atoms with van der Waals surface area (Å²) < 4.78 is 63.8. The number of ether oxygens (including phenoxy) is 1. The molecule has 2 amide bonds. The zero-order valence-electron chi connectivity index (χ0n) is 24.3. The summed E-state index contributed by atoms with van der Waals surface area (Å²) in [4.78, 5) is 26.1. The second-order valence-corrected chi connectivity index (χ2v) is 11.1. The first kappa shape index (κ1) is 31.5. The van der Waals surface area contributed by atoms with Gasteiger partial charge in [-0.15, -0.1) is 0 Å². The van der Waals surface area contributed by atoms with Crippen LogP contribution in [0.3, 0.4) is 0 Å². The van der Waals surface area contributed by atoms with E-state index < -0.39 is 42.4 Å². The van der Waals surface area contributed by atoms with E-state index in [0.717, 1.165) is 0 Å². The lowest BCUT2D eigenvalue weighted by Gasteiger charge is -2.36. The number of nitrogen functional groups attached to an aromatic ring is 1. The monoisotopic (exact) mass is 606 g/mol. The van der Waals surface area contributed by atoms with Crippen molar-refractivity contribution >= 4 is 29.2 Å². The molecule has 15 heteroatoms. The van der Waals surface area contributed by atoms with Gasteiger partial charge in [-0.05, 0) is 52.2 Å². The van der Waals surface area contributed by atoms with Gasteiger partial charge in [-0.2, -0.15) is 23.4 Å². The molecule has 1 saturated heterocycles. The first-order chi connectivity index (χ1) is 20.2. The van der Waals surface area contributed by atoms with E-state index in [0.29, 0.717) is 6.54 Å². The predicted octanol–water partition coefficient (Wildman–Crippen LogP) is 3.78. The lowest BCUT2D eigenvalue weighted by Crippen LogP contribution is -2.51. The van der Waals surface area contributed by atoms with Crippen molar-refractivity contribution in [1.82, 2.24) is 29.6 Å². The van der Waals surface area contributed by atoms with Gasteiger partial charge in [0.2, 0.25) is 0 Å². The third kappa shape index (κ3) is 7.68. The number of hydrogen-bond donors (Lipinski definition) is 3. The molecule has 1 fully saturated rings. The number of fused-ring (bicyclic) bond motifs is 1. The molecule has 1 aliphatic rings. The number of aryl methyl sites for hydroxylation is 1. The van der Waals surface area contributed by atoms with E-state index in [-0.39, 0.29) is 60.0 Å². The van der Waals surface area contributed by atoms with Crippen LogP contribution < -0.4 is 16.4 Å². The molecule has 4 N–H and O–H groups in total. The Morgan fingerprint density at radius 2 is 1.98 bits per heavy atom. The minimum Gasteiger partial charge on any atom is -0.444 e. The highest BCUT2D eigenvalue weighted by atomic mass is 19.4. The van der Waals surface area contributed by atoms with E-state index in [9.17, 15) is 22.8 Å². The predicted molar refractivity (Wildman–Crippen MR) is 151 cm³/mol. The van der Waals surface area contributed by atoms with Gasteiger partial charge in [-0.1, -0.05) is 12.0 Å². The fourth-order valence-electron chi connectivity index (χ4n) is 4.62. The van der Waals surface area contributed by atoms with Gasteiger partial charge in [0.15, 0.2) is 0 Å². The average Bonchev–Trinajstić information content (AvgIpc) is 3.46. The number of amides is 2. The Labute approximate surface area is 245 Å². The minimum atomic E-state index is -4.55. The molecule has 43 heavy (non-hydrogen) atoms. The highest BCUT2D eigenvalue weighted by Gasteiger charge is 2.35. The van der Waals surface area contributed by atoms with Crippen LogP contribution in [0.2, 0.25) is 0 Å². The van der Waals surface area contributed by atoms with E-state index in [2.05, 4.69) is 32.7 Å². The second kappa shape index (κ2) is 12.4. The second-order valence-electron chi connectivity index (χ2n) is 11.1. The topological polar surface area (TPSA) is 132 Å². The lowest BCUT2D eigenvalue weighted by molar-refractivity contribution is -0.127. The molecule has 0 aromatic carbocycles. The number of nitrogens with zero attached hydrogens (tertiary/aromatic N) is 5. The Balaban J connectivity index is 1.52. The molecule has 0 saturated carbocycles. The summed E-state index contributed by atoms with van der Waals surface area (Å²) in [5.74, 6) is 5.21. The quantitative estimate of drug-likeness (QED) is 0.288. The van der Waals surface area contributed by atoms with Crippen molar-refractivity contribution in [2.75, 3.05) is 30.7 Å². The number of carbonyl (C=O) groups excluding carboxylic acids is 2. The number of hydrogen-bond acceptors (Lipinski definition) is 7. The maximum absolute atomic E-state index is 15.2. The largest absolute Gasteiger partial charge is 0.444 e. The number of carbonyl (C=O) groups is 2. The molecule has 0 radical (unpaired) electrons. The highest BCUT2D eigenvalue weighted by molar-refractivity contribution is 5.98. The van der Waals surface area contributed by atoms with Crippen LogP contribution in [0.25, 0.3) is 5.52 Å². The van der Waals surface area contributed by atoms with Crippen molar-refractivity contribution in [2.24, 2.45) is 0 Å². The Morgan fingerprint density at radius 3 is 2.60 bits per heavy atom. The molecule has 0 unspecified atom stereocenters. The third-order valence-corrected chi connectivity index (χ3v) is 6.63. The van der Waals surface area contributed by atoms with Crippen LogP contribution in [0.1, 0.15) is 55.7 Å². The van der Waals surface area contributed by atoms with Gasteiger partial charge in [0.05, 0.1) is 37.3 Å². The maximum Gasteiger partial charge on any atom is 0.410 e. The maximum atomic E-state index is 15.2. The number of piperidine rings is 1. The lowest BCUT2D eigenvalue weighted by atomic mass is 10.0. The molecule has 4 heterocycles. The molecular formula is C28H34F4N8O3. The van der Waals surface area contributed by atoms with Crippen LogP contribution in [-0.2, 0) is 17.7 Å². The fraction of sp³-hybridized carbons (Fsp3) is 0.500. The van der Waals surface area contributed by atoms with Crippen LogP contribution in [0.5, 0.6) is 0 Å². The number of rotatable bonds is 6. The van der Waals surface area contributed by atoms with E-state index in [1.54, 1.807) is 32.9 Å². The molecule has 2 atom stereocenters. The summed E-state index contributed by atoms with van der Waals surface area (Å²) in [5.41, 5.74) is 5.20. The Kier molecular flexibility index (Phi) is 9.07. The summed E-state index contributed by atoms with van der Waals surface area (Å²) in [6.45, 7) is 7.30. The van der Waals surface area contributed by atoms with E-state index >= 15 is 4.39 Å². The molecule has 4 rings (SSSR count). The molecule has 0 bridgehead atoms. The molecule has 0 aliphatic carbocycles. The van der Waals surface area contributed by atoms with Gasteiger partial charge < -0.3 is 26.0 Å². The van der Waals surface area contributed by atoms with Crippen molar-refractivity contribution in [2.45, 2.75) is 71.1 Å². The molecule has 0 spiro atoms. The van der Waals surface area contributed by atoms with Crippen LogP contribution in [-0.4, -0.2) is 79.9 Å². The van der Waals surface area contributed by atoms with Crippen LogP contribution in [0, 0.1) is 11.8 Å². The Morgan fingerprint density at radius 1 is 1.23 bits per heavy atom. The van der Waals surface area contributed by atoms with Crippen molar-refractivity contribution in [1.29, 1.82) is 0 Å². The van der Waals surface area contributed by atoms with Gasteiger partial charge >= 0.3 is 12.3 Å². The average molecular weight is 607 g/mol. The molecule has 11 nitrogen and oxygen atoms in total. The number of nitrogens with one attached hydrogen (secondary N) is 2. The molecular weight excluding hydrogens is 572 g/mol. The van der Waals surface area contributed by atoms with Crippen LogP contribution >= 0.6 is 0 Å². The van der Waals surface area contributed by atoms with Gasteiger partial charge in [-0.3, -0.25) is 4.79 Å². The SMILES string of the molecule is CCn1ncc(C(=O)NCC#Cc2nn3c(N[C@@H]4CCN(C(=O)OC(C)(C)C)C[C@@H]4F)cccc3c2CC(F)(F)F)c1N. The number of halogens is 4. The third-order valence-electron chi connectivity index (χ3n) is 6.63. The highest BCUT2D eigenvalue weighted by Crippen LogP contribution is 2.29. The van der Waals surface area contributed by atoms with Gasteiger partial charge in [-0.25, -0.2) is 18.4 Å². The van der Waals surface area contributed by atoms with E-state index in [1.807, 2.05) is 6.92 Å². The number of likely N-dealkylation sites (tertiary alicyclic amines) is 1. The van der Waals surface area contributed by atoms with Gasteiger partial charge in [0.1, 0.15) is 34.7 Å². The fourth-order valence-corrected chi connectivity index (χ4v) is 4.62. The standard InChI is InChI=1S/C28H34F4N8O3/c1-5-39-24(33)18(15-35-39)25(41)34-12-7-8-20-17(14-28(30,31)32)22-9-6-10-23(40(22)37-20)36-21-11-13-38(16-19(21)29)26(42)43-27(2,3)4/h6,9-10,15,19,21,36H,5,11-14,16,33H2,1-4H3,(H,34,41)/t19-,21+/m0/s1. The first-order valence-electron chi connectivity index (χ1n) is 13.7. The van der Waals surface area contributed by atoms with Crippen LogP contribution in [0.4, 0.5) is 34.0 Å². The van der Waals surface area contributed by atoms with Crippen molar-refractivity contribution < 1.29 is 31.9 Å². The Bertz CT molecular complexity index is 1550. The zero-order chi connectivity index (χ0) is 31.5. The first-order valence-corrected chi connectivity index (χ1v) is 13.7. The van der Waals surface area contributed by atoms with Crippen LogP contribution in [0.15, 0.2) is 24.4 Å². The number of nitrogens with two attached hydrogens (primary N) is 1. The smallest absolute Gasteiger partial charge is 0.410 e. The molecule has 3 aromatic heterocycles. The normalized spacial score (nSPS) is 17.3. The van der Waals surface area contributed by atoms with Crippen molar-refractivity contribution in [3.63, 3.8) is 0 Å². The van der Waals surface area contributed by atoms with Crippen molar-refractivity contribution in [3.05, 3.63) is 41.2 Å². The summed E-state index contributed by atoms with van der Waals surface area (Å²) in [6.07, 6.45) is -6.36. The summed E-state index contributed by atoms with van der Waals surface area (Å²) >= 11 is 0. The number of pyridine rings is 1. The van der Waals surface area contributed by atoms with E-state index in [4.69, 9.17) is 10.5 Å². The summed E-state index contributed by atoms with van der Waals surface area (Å²) in [6, 6.07) is 3.86. The van der Waals surface area contributed by atoms with E-state index in [1.165, 1.54) is 26.4 Å². The van der Waals surface area contributed by atoms with Gasteiger partial charge in [0, 0.05) is 18.7 Å². The Hall–Kier alpha value is -4.48. The van der Waals surface area contributed by atoms with Gasteiger partial charge in [0.25, 0.3) is 5.91 Å². The molecule has 3 aromatic rings. The molecule has 1 aliphatic heterocycles. The van der Waals surface area contributed by atoms with Crippen molar-refractivity contribution in [3.8, 4) is 11.8 Å². The minimum absolute atomic E-state index is 0.129. The number of alkyl halides is 4. The number of aromatic nitrogens is 4. The summed E-state index contributed by atoms with van der Waals surface area (Å²) in [7, 11) is 0. The number of anilines is 2. The summed E-state index contributed by atoms with van der Waals surface area (Å²) in [5, 5.41) is 13.9. The molecule has 232 valence electrons. The zero-order valence-corrected chi connectivity index (χ0v) is 24.3.